The zero-order chi connectivity index (χ0) is 23.7. The minimum absolute atomic E-state index is 0.0418. The molecule has 0 saturated heterocycles. The quantitative estimate of drug-likeness (QED) is 0.550. The Balaban J connectivity index is 2.22. The molecule has 0 aliphatic carbocycles. The summed E-state index contributed by atoms with van der Waals surface area (Å²) in [6, 6.07) is 13.7. The number of methoxy groups -OCH3 is 1. The van der Waals surface area contributed by atoms with Crippen LogP contribution in [0.4, 0.5) is 4.79 Å². The smallest absolute Gasteiger partial charge is 0.410 e. The second kappa shape index (κ2) is 11.4. The summed E-state index contributed by atoms with van der Waals surface area (Å²) in [5, 5.41) is 9.72. The van der Waals surface area contributed by atoms with Gasteiger partial charge in [0.25, 0.3) is 0 Å². The van der Waals surface area contributed by atoms with Crippen molar-refractivity contribution in [2.24, 2.45) is 0 Å². The average molecular weight is 446 g/mol. The summed E-state index contributed by atoms with van der Waals surface area (Å²) in [4.78, 5) is 25.4. The monoisotopic (exact) mass is 445 g/mol. The fraction of sp³-hybridized carbons (Fsp3) is 0.417. The second-order valence-corrected chi connectivity index (χ2v) is 8.26. The van der Waals surface area contributed by atoms with Crippen LogP contribution in [-0.2, 0) is 27.3 Å². The molecule has 2 aromatic carbocycles. The number of hydrogen-bond donors (Lipinski definition) is 1. The van der Waals surface area contributed by atoms with E-state index in [1.807, 2.05) is 30.3 Å². The summed E-state index contributed by atoms with van der Waals surface area (Å²) in [5.74, 6) is -0.212. The first-order valence-electron chi connectivity index (χ1n) is 10.2. The number of benzene rings is 2. The summed E-state index contributed by atoms with van der Waals surface area (Å²) in [5.41, 5.74) is 0.914. The highest BCUT2D eigenvalue weighted by Gasteiger charge is 2.30. The number of nitrogens with zero attached hydrogens (tertiary/aromatic N) is 1. The van der Waals surface area contributed by atoms with Crippen molar-refractivity contribution in [1.29, 1.82) is 0 Å². The van der Waals surface area contributed by atoms with Crippen LogP contribution in [-0.4, -0.2) is 54.7 Å². The minimum Gasteiger partial charge on any atom is -0.485 e. The molecule has 0 bridgehead atoms. The van der Waals surface area contributed by atoms with Gasteiger partial charge in [-0.05, 0) is 44.0 Å². The maximum Gasteiger partial charge on any atom is 0.410 e. The van der Waals surface area contributed by atoms with Crippen molar-refractivity contribution in [3.8, 4) is 11.5 Å². The Labute approximate surface area is 188 Å². The molecule has 0 aliphatic heterocycles. The van der Waals surface area contributed by atoms with Crippen molar-refractivity contribution in [2.45, 2.75) is 45.4 Å². The number of carboxylic acids is 1. The first-order valence-corrected chi connectivity index (χ1v) is 10.2. The van der Waals surface area contributed by atoms with Gasteiger partial charge in [0.05, 0.1) is 0 Å². The number of carboxylic acid groups (broad SMARTS) is 1. The predicted molar refractivity (Wildman–Crippen MR) is 119 cm³/mol. The number of hydrogen-bond acceptors (Lipinski definition) is 6. The fourth-order valence-electron chi connectivity index (χ4n) is 2.84. The molecule has 0 aromatic heterocycles. The average Bonchev–Trinajstić information content (AvgIpc) is 2.74. The topological polar surface area (TPSA) is 94.5 Å². The molecule has 1 amide bonds. The third kappa shape index (κ3) is 7.77. The van der Waals surface area contributed by atoms with Crippen LogP contribution in [0.5, 0.6) is 11.5 Å². The SMILES string of the molecule is COCOc1ccc(C[C@@H](C(=O)O)N(C)C(=O)OC(C)(C)C)cc1OCc1ccccc1. The Hall–Kier alpha value is -3.26. The van der Waals surface area contributed by atoms with Gasteiger partial charge < -0.3 is 24.1 Å². The lowest BCUT2D eigenvalue weighted by molar-refractivity contribution is -0.142. The van der Waals surface area contributed by atoms with Crippen molar-refractivity contribution >= 4 is 12.1 Å². The van der Waals surface area contributed by atoms with E-state index in [-0.39, 0.29) is 13.2 Å². The summed E-state index contributed by atoms with van der Waals surface area (Å²) >= 11 is 0. The minimum atomic E-state index is -1.13. The molecule has 0 aliphatic rings. The van der Waals surface area contributed by atoms with Crippen LogP contribution in [0.15, 0.2) is 48.5 Å². The van der Waals surface area contributed by atoms with Crippen LogP contribution >= 0.6 is 0 Å². The molecule has 1 atom stereocenters. The molecule has 174 valence electrons. The lowest BCUT2D eigenvalue weighted by Gasteiger charge is -2.28. The van der Waals surface area contributed by atoms with E-state index in [2.05, 4.69) is 0 Å². The van der Waals surface area contributed by atoms with Crippen LogP contribution in [0, 0.1) is 0 Å². The van der Waals surface area contributed by atoms with Gasteiger partial charge in [-0.25, -0.2) is 9.59 Å². The van der Waals surface area contributed by atoms with Gasteiger partial charge in [0.1, 0.15) is 18.2 Å². The van der Waals surface area contributed by atoms with Gasteiger partial charge in [0.15, 0.2) is 18.3 Å². The van der Waals surface area contributed by atoms with E-state index in [1.165, 1.54) is 14.2 Å². The normalized spacial score (nSPS) is 12.0. The Morgan fingerprint density at radius 2 is 1.69 bits per heavy atom. The summed E-state index contributed by atoms with van der Waals surface area (Å²) in [6.07, 6.45) is -0.636. The van der Waals surface area contributed by atoms with Gasteiger partial charge in [-0.2, -0.15) is 0 Å². The molecule has 0 saturated carbocycles. The molecule has 8 heteroatoms. The van der Waals surface area contributed by atoms with Crippen LogP contribution in [0.25, 0.3) is 0 Å². The lowest BCUT2D eigenvalue weighted by Crippen LogP contribution is -2.46. The van der Waals surface area contributed by atoms with Crippen LogP contribution in [0.3, 0.4) is 0 Å². The highest BCUT2D eigenvalue weighted by atomic mass is 16.7. The third-order valence-electron chi connectivity index (χ3n) is 4.44. The molecule has 0 heterocycles. The van der Waals surface area contributed by atoms with Gasteiger partial charge in [0, 0.05) is 20.6 Å². The molecule has 8 nitrogen and oxygen atoms in total. The van der Waals surface area contributed by atoms with E-state index in [9.17, 15) is 14.7 Å². The highest BCUT2D eigenvalue weighted by molar-refractivity contribution is 5.80. The summed E-state index contributed by atoms with van der Waals surface area (Å²) in [6.45, 7) is 5.53. The van der Waals surface area contributed by atoms with E-state index >= 15 is 0 Å². The number of amides is 1. The van der Waals surface area contributed by atoms with E-state index in [1.54, 1.807) is 39.0 Å². The molecule has 0 spiro atoms. The van der Waals surface area contributed by atoms with Crippen LogP contribution in [0.2, 0.25) is 0 Å². The standard InChI is InChI=1S/C24H31NO7/c1-24(2,3)32-23(28)25(4)19(22(26)27)13-18-11-12-20(31-16-29-5)21(14-18)30-15-17-9-7-6-8-10-17/h6-12,14,19H,13,15-16H2,1-5H3,(H,26,27)/t19-/m0/s1. The molecule has 1 N–H and O–H groups in total. The predicted octanol–water partition coefficient (Wildman–Crippen LogP) is 4.11. The van der Waals surface area contributed by atoms with E-state index in [4.69, 9.17) is 18.9 Å². The van der Waals surface area contributed by atoms with Crippen molar-refractivity contribution in [1.82, 2.24) is 4.90 Å². The van der Waals surface area contributed by atoms with Gasteiger partial charge in [-0.15, -0.1) is 0 Å². The molecule has 2 aromatic rings. The van der Waals surface area contributed by atoms with Crippen LogP contribution < -0.4 is 9.47 Å². The maximum atomic E-state index is 12.4. The fourth-order valence-corrected chi connectivity index (χ4v) is 2.84. The molecule has 2 rings (SSSR count). The third-order valence-corrected chi connectivity index (χ3v) is 4.44. The summed E-state index contributed by atoms with van der Waals surface area (Å²) in [7, 11) is 2.93. The van der Waals surface area contributed by atoms with Gasteiger partial charge in [-0.3, -0.25) is 4.90 Å². The summed E-state index contributed by atoms with van der Waals surface area (Å²) < 4.78 is 21.8. The maximum absolute atomic E-state index is 12.4. The Bertz CT molecular complexity index is 893. The Morgan fingerprint density at radius 1 is 1.00 bits per heavy atom. The van der Waals surface area contributed by atoms with Crippen molar-refractivity contribution < 1.29 is 33.6 Å². The molecule has 0 radical (unpaired) electrons. The van der Waals surface area contributed by atoms with E-state index in [0.29, 0.717) is 23.7 Å². The van der Waals surface area contributed by atoms with Crippen molar-refractivity contribution in [3.05, 3.63) is 59.7 Å². The van der Waals surface area contributed by atoms with Gasteiger partial charge >= 0.3 is 12.1 Å². The largest absolute Gasteiger partial charge is 0.485 e. The molecule has 0 unspecified atom stereocenters. The molecular weight excluding hydrogens is 414 g/mol. The number of carbonyl (C=O) groups is 2. The number of rotatable bonds is 10. The Kier molecular flexibility index (Phi) is 8.90. The van der Waals surface area contributed by atoms with Crippen molar-refractivity contribution in [2.75, 3.05) is 21.0 Å². The van der Waals surface area contributed by atoms with Gasteiger partial charge in [-0.1, -0.05) is 36.4 Å². The second-order valence-electron chi connectivity index (χ2n) is 8.26. The molecule has 32 heavy (non-hydrogen) atoms. The van der Waals surface area contributed by atoms with Crippen molar-refractivity contribution in [3.63, 3.8) is 0 Å². The molecule has 0 fully saturated rings. The first kappa shape index (κ1) is 25.0. The van der Waals surface area contributed by atoms with Gasteiger partial charge in [0.2, 0.25) is 0 Å². The zero-order valence-corrected chi connectivity index (χ0v) is 19.2. The lowest BCUT2D eigenvalue weighted by atomic mass is 10.0. The number of aliphatic carboxylic acids is 1. The number of carbonyl (C=O) groups excluding carboxylic acids is 1. The van der Waals surface area contributed by atoms with Crippen LogP contribution in [0.1, 0.15) is 31.9 Å². The highest BCUT2D eigenvalue weighted by Crippen LogP contribution is 2.30. The van der Waals surface area contributed by atoms with E-state index < -0.39 is 23.7 Å². The molecular formula is C24H31NO7. The Morgan fingerprint density at radius 3 is 2.28 bits per heavy atom. The zero-order valence-electron chi connectivity index (χ0n) is 19.2. The first-order chi connectivity index (χ1) is 15.1. The number of ether oxygens (including phenoxy) is 4. The number of likely N-dealkylation sites (N-methyl/N-ethyl adjacent to an activating group) is 1. The van der Waals surface area contributed by atoms with E-state index in [0.717, 1.165) is 10.5 Å².